The molecule has 4 unspecified atom stereocenters. The Morgan fingerprint density at radius 3 is 1.64 bits per heavy atom. The van der Waals surface area contributed by atoms with Gasteiger partial charge in [0.15, 0.2) is 6.04 Å². The fourth-order valence-electron chi connectivity index (χ4n) is 6.50. The molecule has 0 aliphatic carbocycles. The summed E-state index contributed by atoms with van der Waals surface area (Å²) in [6.45, 7) is 10.2. The highest BCUT2D eigenvalue weighted by Gasteiger charge is 2.57. The fourth-order valence-corrected chi connectivity index (χ4v) is 7.49. The van der Waals surface area contributed by atoms with Crippen molar-refractivity contribution >= 4 is 27.0 Å². The van der Waals surface area contributed by atoms with Gasteiger partial charge in [-0.3, -0.25) is 10.1 Å². The highest BCUT2D eigenvalue weighted by atomic mass is 28.3. The van der Waals surface area contributed by atoms with E-state index in [4.69, 9.17) is 9.16 Å². The van der Waals surface area contributed by atoms with E-state index < -0.39 is 50.2 Å². The molecule has 7 heteroatoms. The van der Waals surface area contributed by atoms with Crippen LogP contribution in [0.15, 0.2) is 127 Å². The van der Waals surface area contributed by atoms with Crippen LogP contribution in [0.2, 0.25) is 13.1 Å². The van der Waals surface area contributed by atoms with Crippen molar-refractivity contribution in [2.24, 2.45) is 5.41 Å². The van der Waals surface area contributed by atoms with E-state index in [1.165, 1.54) is 7.11 Å². The minimum Gasteiger partial charge on any atom is -0.467 e. The first-order valence-electron chi connectivity index (χ1n) is 16.1. The Morgan fingerprint density at radius 1 is 0.787 bits per heavy atom. The monoisotopic (exact) mass is 645 g/mol. The molecule has 4 aromatic rings. The van der Waals surface area contributed by atoms with Crippen molar-refractivity contribution in [1.82, 2.24) is 10.2 Å². The third kappa shape index (κ3) is 7.17. The van der Waals surface area contributed by atoms with E-state index in [1.54, 1.807) is 4.90 Å². The maximum absolute atomic E-state index is 14.7. The van der Waals surface area contributed by atoms with Crippen molar-refractivity contribution < 1.29 is 18.8 Å². The van der Waals surface area contributed by atoms with Gasteiger partial charge in [0.2, 0.25) is 14.9 Å². The Morgan fingerprint density at radius 2 is 1.23 bits per heavy atom. The van der Waals surface area contributed by atoms with E-state index in [0.29, 0.717) is 0 Å². The van der Waals surface area contributed by atoms with Gasteiger partial charge in [0, 0.05) is 0 Å². The van der Waals surface area contributed by atoms with Gasteiger partial charge in [-0.1, -0.05) is 154 Å². The van der Waals surface area contributed by atoms with E-state index in [-0.39, 0.29) is 5.91 Å². The molecule has 1 radical (unpaired) electrons. The largest absolute Gasteiger partial charge is 0.467 e. The zero-order valence-electron chi connectivity index (χ0n) is 28.1. The van der Waals surface area contributed by atoms with Crippen LogP contribution < -0.4 is 5.32 Å². The van der Waals surface area contributed by atoms with Gasteiger partial charge in [0.25, 0.3) is 0 Å². The molecule has 1 aliphatic heterocycles. The van der Waals surface area contributed by atoms with Gasteiger partial charge in [-0.15, -0.1) is 0 Å². The number of nitrogens with one attached hydrogen (secondary N) is 1. The third-order valence-electron chi connectivity index (χ3n) is 8.71. The molecule has 1 saturated heterocycles. The zero-order chi connectivity index (χ0) is 33.6. The van der Waals surface area contributed by atoms with Crippen molar-refractivity contribution in [3.05, 3.63) is 150 Å². The van der Waals surface area contributed by atoms with Crippen LogP contribution in [0.25, 0.3) is 6.08 Å². The van der Waals surface area contributed by atoms with Gasteiger partial charge in [-0.05, 0) is 40.8 Å². The molecule has 4 atom stereocenters. The molecule has 5 rings (SSSR count). The van der Waals surface area contributed by atoms with Gasteiger partial charge < -0.3 is 14.1 Å². The predicted octanol–water partition coefficient (Wildman–Crippen LogP) is 7.08. The maximum Gasteiger partial charge on any atom is 0.331 e. The molecule has 1 N–H and O–H groups in total. The first-order valence-corrected chi connectivity index (χ1v) is 18.5. The number of rotatable bonds is 12. The van der Waals surface area contributed by atoms with E-state index in [2.05, 4.69) is 41.7 Å². The Labute approximate surface area is 281 Å². The van der Waals surface area contributed by atoms with Gasteiger partial charge in [0.1, 0.15) is 6.04 Å². The topological polar surface area (TPSA) is 67.9 Å². The first-order chi connectivity index (χ1) is 22.6. The normalized spacial score (nSPS) is 18.2. The fraction of sp³-hybridized carbons (Fsp3) is 0.300. The molecule has 6 nitrogen and oxygen atoms in total. The lowest BCUT2D eigenvalue weighted by Crippen LogP contribution is -2.77. The average Bonchev–Trinajstić information content (AvgIpc) is 3.09. The van der Waals surface area contributed by atoms with Crippen LogP contribution in [0.1, 0.15) is 43.0 Å². The summed E-state index contributed by atoms with van der Waals surface area (Å²) in [5, 5.41) is 3.88. The van der Waals surface area contributed by atoms with Gasteiger partial charge in [-0.2, -0.15) is 0 Å². The Hall–Kier alpha value is -4.30. The number of β-lactam (4-membered cyclic amide) rings is 1. The van der Waals surface area contributed by atoms with Gasteiger partial charge in [0.05, 0.1) is 24.8 Å². The second-order valence-electron chi connectivity index (χ2n) is 13.3. The van der Waals surface area contributed by atoms with Crippen molar-refractivity contribution in [3.8, 4) is 0 Å². The summed E-state index contributed by atoms with van der Waals surface area (Å²) in [4.78, 5) is 30.1. The number of esters is 1. The number of carbonyl (C=O) groups is 2. The minimum absolute atomic E-state index is 0.186. The number of hydrogen-bond acceptors (Lipinski definition) is 5. The number of carbonyl (C=O) groups excluding carboxylic acids is 2. The molecule has 1 fully saturated rings. The summed E-state index contributed by atoms with van der Waals surface area (Å²) in [7, 11) is 0.138. The summed E-state index contributed by atoms with van der Waals surface area (Å²) < 4.78 is 11.9. The Balaban J connectivity index is 1.68. The van der Waals surface area contributed by atoms with E-state index in [0.717, 1.165) is 22.3 Å². The van der Waals surface area contributed by atoms with Crippen LogP contribution >= 0.6 is 0 Å². The smallest absolute Gasteiger partial charge is 0.331 e. The van der Waals surface area contributed by atoms with E-state index in [1.807, 2.05) is 131 Å². The van der Waals surface area contributed by atoms with Crippen molar-refractivity contribution in [3.63, 3.8) is 0 Å². The molecule has 1 heterocycles. The second kappa shape index (κ2) is 14.6. The maximum atomic E-state index is 14.7. The average molecular weight is 646 g/mol. The summed E-state index contributed by atoms with van der Waals surface area (Å²) >= 11 is 0. The molecule has 243 valence electrons. The summed E-state index contributed by atoms with van der Waals surface area (Å²) in [6.07, 6.45) is 3.47. The van der Waals surface area contributed by atoms with E-state index in [9.17, 15) is 9.59 Å². The van der Waals surface area contributed by atoms with Crippen molar-refractivity contribution in [2.75, 3.05) is 7.11 Å². The van der Waals surface area contributed by atoms with Crippen molar-refractivity contribution in [2.45, 2.75) is 63.6 Å². The molecule has 47 heavy (non-hydrogen) atoms. The standard InChI is InChI=1S/C40H45N2O4Si/c1-39(2,3)36(46-47(5)6)35(38(44)45-4)42-33(28-27-29-19-11-7-12-20-29)34(37(42)43)41-40(30-21-13-8-14-22-30,31-23-15-9-16-24-31)32-25-17-10-18-26-32/h7-28,33-36,41H,1-6H3. The minimum atomic E-state index is -1.24. The molecular formula is C40H45N2O4Si. The molecule has 0 bridgehead atoms. The number of amides is 1. The van der Waals surface area contributed by atoms with Crippen molar-refractivity contribution in [1.29, 1.82) is 0 Å². The summed E-state index contributed by atoms with van der Waals surface area (Å²) in [5.74, 6) is -0.673. The highest BCUT2D eigenvalue weighted by Crippen LogP contribution is 2.41. The number of ether oxygens (including phenoxy) is 1. The molecule has 4 aromatic carbocycles. The molecule has 0 saturated carbocycles. The highest BCUT2D eigenvalue weighted by molar-refractivity contribution is 6.48. The van der Waals surface area contributed by atoms with Crippen LogP contribution in [0.3, 0.4) is 0 Å². The van der Waals surface area contributed by atoms with Gasteiger partial charge >= 0.3 is 5.97 Å². The first kappa shape index (κ1) is 34.0. The molecular weight excluding hydrogens is 601 g/mol. The number of nitrogens with zero attached hydrogens (tertiary/aromatic N) is 1. The lowest BCUT2D eigenvalue weighted by molar-refractivity contribution is -0.174. The predicted molar refractivity (Wildman–Crippen MR) is 190 cm³/mol. The molecule has 1 amide bonds. The van der Waals surface area contributed by atoms with E-state index >= 15 is 0 Å². The number of methoxy groups -OCH3 is 1. The van der Waals surface area contributed by atoms with Crippen LogP contribution in [0.4, 0.5) is 0 Å². The number of likely N-dealkylation sites (tertiary alicyclic amines) is 1. The second-order valence-corrected chi connectivity index (χ2v) is 15.3. The lowest BCUT2D eigenvalue weighted by atomic mass is 9.74. The molecule has 1 aliphatic rings. The summed E-state index contributed by atoms with van der Waals surface area (Å²) in [6, 6.07) is 38.6. The molecule has 0 aromatic heterocycles. The Kier molecular flexibility index (Phi) is 10.6. The number of benzene rings is 4. The lowest BCUT2D eigenvalue weighted by Gasteiger charge is -2.55. The van der Waals surface area contributed by atoms with Crippen LogP contribution in [-0.2, 0) is 24.3 Å². The van der Waals surface area contributed by atoms with Crippen LogP contribution in [0.5, 0.6) is 0 Å². The van der Waals surface area contributed by atoms with Crippen LogP contribution in [-0.4, -0.2) is 57.2 Å². The van der Waals surface area contributed by atoms with Crippen LogP contribution in [0, 0.1) is 5.41 Å². The third-order valence-corrected chi connectivity index (χ3v) is 9.43. The number of hydrogen-bond donors (Lipinski definition) is 1. The Bertz CT molecular complexity index is 1540. The summed E-state index contributed by atoms with van der Waals surface area (Å²) in [5.41, 5.74) is 2.67. The van der Waals surface area contributed by atoms with Gasteiger partial charge in [-0.25, -0.2) is 4.79 Å². The zero-order valence-corrected chi connectivity index (χ0v) is 29.1. The SMILES string of the molecule is COC(=O)C(C(O[Si](C)C)C(C)(C)C)N1C(=O)C(NC(c2ccccc2)(c2ccccc2)c2ccccc2)C1C=Cc1ccccc1. The quantitative estimate of drug-likeness (QED) is 0.0772. The molecule has 0 spiro atoms.